The van der Waals surface area contributed by atoms with Gasteiger partial charge in [0.05, 0.1) is 0 Å². The molecule has 1 fully saturated rings. The summed E-state index contributed by atoms with van der Waals surface area (Å²) in [6, 6.07) is 0. The topological polar surface area (TPSA) is 74.7 Å². The van der Waals surface area contributed by atoms with Gasteiger partial charge in [-0.15, -0.1) is 0 Å². The summed E-state index contributed by atoms with van der Waals surface area (Å²) in [5.74, 6) is -2.36. The highest BCUT2D eigenvalue weighted by atomic mass is 16.4. The first-order chi connectivity index (χ1) is 6.39. The largest absolute Gasteiger partial charge is 0.480 e. The summed E-state index contributed by atoms with van der Waals surface area (Å²) in [7, 11) is 0. The maximum absolute atomic E-state index is 11.4. The van der Waals surface area contributed by atoms with Gasteiger partial charge in [-0.1, -0.05) is 0 Å². The number of aliphatic carboxylic acids is 1. The minimum absolute atomic E-state index is 0.348. The number of likely N-dealkylation sites (tertiary alicyclic amines) is 1. The van der Waals surface area contributed by atoms with Gasteiger partial charge in [-0.05, 0) is 19.8 Å². The van der Waals surface area contributed by atoms with Crippen molar-refractivity contribution in [2.24, 2.45) is 0 Å². The molecule has 0 aromatic heterocycles. The van der Waals surface area contributed by atoms with Crippen LogP contribution in [0.25, 0.3) is 0 Å². The van der Waals surface area contributed by atoms with Crippen molar-refractivity contribution in [1.82, 2.24) is 4.90 Å². The molecule has 5 nitrogen and oxygen atoms in total. The van der Waals surface area contributed by atoms with E-state index in [0.29, 0.717) is 19.4 Å². The molecule has 5 heteroatoms. The SMILES string of the molecule is CC(=O)C(=O)N1CCC[C@@]1(C)C(=O)O. The van der Waals surface area contributed by atoms with Gasteiger partial charge >= 0.3 is 5.97 Å². The molecule has 1 aliphatic rings. The lowest BCUT2D eigenvalue weighted by atomic mass is 9.99. The predicted octanol–water partition coefficient (Wildman–Crippen LogP) is 0.0411. The van der Waals surface area contributed by atoms with E-state index >= 15 is 0 Å². The number of carboxylic acid groups (broad SMARTS) is 1. The van der Waals surface area contributed by atoms with Crippen LogP contribution >= 0.6 is 0 Å². The van der Waals surface area contributed by atoms with Gasteiger partial charge in [-0.3, -0.25) is 9.59 Å². The van der Waals surface area contributed by atoms with Crippen LogP contribution in [0.1, 0.15) is 26.7 Å². The second kappa shape index (κ2) is 3.40. The van der Waals surface area contributed by atoms with Gasteiger partial charge < -0.3 is 10.0 Å². The third-order valence-corrected chi connectivity index (χ3v) is 2.65. The van der Waals surface area contributed by atoms with E-state index in [2.05, 4.69) is 0 Å². The summed E-state index contributed by atoms with van der Waals surface area (Å²) < 4.78 is 0. The molecule has 1 amide bonds. The van der Waals surface area contributed by atoms with Crippen molar-refractivity contribution in [2.45, 2.75) is 32.2 Å². The molecule has 0 aromatic rings. The normalized spacial score (nSPS) is 26.3. The third kappa shape index (κ3) is 1.49. The summed E-state index contributed by atoms with van der Waals surface area (Å²) in [5, 5.41) is 8.97. The molecule has 14 heavy (non-hydrogen) atoms. The van der Waals surface area contributed by atoms with Crippen LogP contribution in [0.2, 0.25) is 0 Å². The van der Waals surface area contributed by atoms with E-state index in [-0.39, 0.29) is 0 Å². The molecule has 1 atom stereocenters. The Labute approximate surface area is 81.7 Å². The second-order valence-corrected chi connectivity index (χ2v) is 3.70. The summed E-state index contributed by atoms with van der Waals surface area (Å²) in [6.45, 7) is 2.98. The van der Waals surface area contributed by atoms with Crippen molar-refractivity contribution in [3.63, 3.8) is 0 Å². The number of ketones is 1. The van der Waals surface area contributed by atoms with Crippen molar-refractivity contribution in [2.75, 3.05) is 6.54 Å². The van der Waals surface area contributed by atoms with Gasteiger partial charge in [0.15, 0.2) is 0 Å². The summed E-state index contributed by atoms with van der Waals surface area (Å²) in [5.41, 5.74) is -1.21. The van der Waals surface area contributed by atoms with Crippen molar-refractivity contribution in [1.29, 1.82) is 0 Å². The van der Waals surface area contributed by atoms with E-state index in [1.165, 1.54) is 6.92 Å². The quantitative estimate of drug-likeness (QED) is 0.637. The van der Waals surface area contributed by atoms with E-state index in [0.717, 1.165) is 11.8 Å². The standard InChI is InChI=1S/C9H13NO4/c1-6(11)7(12)10-5-3-4-9(10,2)8(13)14/h3-5H2,1-2H3,(H,13,14)/t9-/m0/s1. The summed E-state index contributed by atoms with van der Waals surface area (Å²) in [4.78, 5) is 34.3. The minimum Gasteiger partial charge on any atom is -0.480 e. The van der Waals surface area contributed by atoms with E-state index < -0.39 is 23.2 Å². The van der Waals surface area contributed by atoms with Crippen molar-refractivity contribution in [3.05, 3.63) is 0 Å². The lowest BCUT2D eigenvalue weighted by molar-refractivity contribution is -0.157. The van der Waals surface area contributed by atoms with Crippen LogP contribution in [0.15, 0.2) is 0 Å². The molecule has 1 rings (SSSR count). The predicted molar refractivity (Wildman–Crippen MR) is 47.7 cm³/mol. The highest BCUT2D eigenvalue weighted by Gasteiger charge is 2.46. The number of rotatable bonds is 2. The third-order valence-electron chi connectivity index (χ3n) is 2.65. The van der Waals surface area contributed by atoms with E-state index in [4.69, 9.17) is 5.11 Å². The van der Waals surface area contributed by atoms with Crippen molar-refractivity contribution >= 4 is 17.7 Å². The van der Waals surface area contributed by atoms with Gasteiger partial charge in [0.2, 0.25) is 5.78 Å². The number of carbonyl (C=O) groups is 3. The zero-order chi connectivity index (χ0) is 10.9. The van der Waals surface area contributed by atoms with Gasteiger partial charge in [-0.25, -0.2) is 4.79 Å². The Morgan fingerprint density at radius 3 is 2.36 bits per heavy atom. The van der Waals surface area contributed by atoms with Crippen LogP contribution in [0.3, 0.4) is 0 Å². The molecular formula is C9H13NO4. The minimum atomic E-state index is -1.21. The number of carbonyl (C=O) groups excluding carboxylic acids is 2. The van der Waals surface area contributed by atoms with Crippen molar-refractivity contribution in [3.8, 4) is 0 Å². The number of Topliss-reactive ketones (excluding diaryl/α,β-unsaturated/α-hetero) is 1. The summed E-state index contributed by atoms with van der Waals surface area (Å²) >= 11 is 0. The Morgan fingerprint density at radius 2 is 1.93 bits per heavy atom. The molecule has 0 unspecified atom stereocenters. The molecule has 1 N–H and O–H groups in total. The van der Waals surface area contributed by atoms with Crippen LogP contribution in [0.4, 0.5) is 0 Å². The van der Waals surface area contributed by atoms with Crippen LogP contribution in [0, 0.1) is 0 Å². The first-order valence-corrected chi connectivity index (χ1v) is 4.45. The lowest BCUT2D eigenvalue weighted by Gasteiger charge is -2.30. The van der Waals surface area contributed by atoms with Gasteiger partial charge in [0, 0.05) is 13.5 Å². The maximum atomic E-state index is 11.4. The van der Waals surface area contributed by atoms with E-state index in [1.807, 2.05) is 0 Å². The molecule has 1 saturated heterocycles. The fraction of sp³-hybridized carbons (Fsp3) is 0.667. The van der Waals surface area contributed by atoms with E-state index in [9.17, 15) is 14.4 Å². The molecule has 0 aromatic carbocycles. The molecule has 0 spiro atoms. The smallest absolute Gasteiger partial charge is 0.329 e. The molecule has 78 valence electrons. The number of nitrogens with zero attached hydrogens (tertiary/aromatic N) is 1. The zero-order valence-corrected chi connectivity index (χ0v) is 8.24. The Balaban J connectivity index is 2.94. The summed E-state index contributed by atoms with van der Waals surface area (Å²) in [6.07, 6.45) is 1.03. The van der Waals surface area contributed by atoms with Gasteiger partial charge in [0.1, 0.15) is 5.54 Å². The van der Waals surface area contributed by atoms with Gasteiger partial charge in [0.25, 0.3) is 5.91 Å². The fourth-order valence-corrected chi connectivity index (χ4v) is 1.70. The molecule has 1 heterocycles. The Kier molecular flexibility index (Phi) is 2.59. The maximum Gasteiger partial charge on any atom is 0.329 e. The van der Waals surface area contributed by atoms with E-state index in [1.54, 1.807) is 0 Å². The first kappa shape index (κ1) is 10.7. The average Bonchev–Trinajstić information content (AvgIpc) is 2.47. The van der Waals surface area contributed by atoms with Gasteiger partial charge in [-0.2, -0.15) is 0 Å². The van der Waals surface area contributed by atoms with Crippen LogP contribution in [0.5, 0.6) is 0 Å². The monoisotopic (exact) mass is 199 g/mol. The molecule has 0 radical (unpaired) electrons. The fourth-order valence-electron chi connectivity index (χ4n) is 1.70. The second-order valence-electron chi connectivity index (χ2n) is 3.70. The van der Waals surface area contributed by atoms with Crippen LogP contribution in [-0.2, 0) is 14.4 Å². The Hall–Kier alpha value is -1.39. The number of amides is 1. The van der Waals surface area contributed by atoms with Crippen molar-refractivity contribution < 1.29 is 19.5 Å². The molecule has 0 bridgehead atoms. The van der Waals surface area contributed by atoms with Crippen LogP contribution < -0.4 is 0 Å². The molecular weight excluding hydrogens is 186 g/mol. The highest BCUT2D eigenvalue weighted by molar-refractivity contribution is 6.35. The average molecular weight is 199 g/mol. The highest BCUT2D eigenvalue weighted by Crippen LogP contribution is 2.29. The number of hydrogen-bond donors (Lipinski definition) is 1. The lowest BCUT2D eigenvalue weighted by Crippen LogP contribution is -2.52. The number of carboxylic acids is 1. The first-order valence-electron chi connectivity index (χ1n) is 4.45. The van der Waals surface area contributed by atoms with Crippen LogP contribution in [-0.4, -0.2) is 39.7 Å². The molecule has 1 aliphatic heterocycles. The number of hydrogen-bond acceptors (Lipinski definition) is 3. The Bertz CT molecular complexity index is 299. The molecule has 0 aliphatic carbocycles. The zero-order valence-electron chi connectivity index (χ0n) is 8.24. The Morgan fingerprint density at radius 1 is 1.36 bits per heavy atom. The molecule has 0 saturated carbocycles.